The number of hydrogen-bond acceptors (Lipinski definition) is 4. The van der Waals surface area contributed by atoms with E-state index in [2.05, 4.69) is 15.3 Å². The van der Waals surface area contributed by atoms with Gasteiger partial charge in [-0.1, -0.05) is 11.8 Å². The number of aromatic amines is 1. The Balaban J connectivity index is 1.98. The molecule has 1 aromatic heterocycles. The van der Waals surface area contributed by atoms with E-state index in [1.807, 2.05) is 0 Å². The quantitative estimate of drug-likeness (QED) is 0.668. The predicted molar refractivity (Wildman–Crippen MR) is 75.2 cm³/mol. The van der Waals surface area contributed by atoms with Crippen LogP contribution >= 0.6 is 11.8 Å². The second-order valence-corrected chi connectivity index (χ2v) is 5.32. The van der Waals surface area contributed by atoms with Crippen LogP contribution in [-0.4, -0.2) is 21.1 Å². The summed E-state index contributed by atoms with van der Waals surface area (Å²) in [5.41, 5.74) is 0.243. The van der Waals surface area contributed by atoms with E-state index in [4.69, 9.17) is 0 Å². The number of hydrogen-bond donors (Lipinski definition) is 2. The summed E-state index contributed by atoms with van der Waals surface area (Å²) < 4.78 is 12.7. The number of rotatable bonds is 4. The summed E-state index contributed by atoms with van der Waals surface area (Å²) in [4.78, 5) is 29.6. The van der Waals surface area contributed by atoms with Crippen molar-refractivity contribution in [3.8, 4) is 0 Å². The van der Waals surface area contributed by atoms with Crippen molar-refractivity contribution < 1.29 is 9.18 Å². The first-order valence-corrected chi connectivity index (χ1v) is 6.71. The first-order valence-electron chi connectivity index (χ1n) is 5.83. The van der Waals surface area contributed by atoms with Gasteiger partial charge in [0, 0.05) is 18.0 Å². The molecule has 1 atom stereocenters. The molecule has 0 unspecified atom stereocenters. The lowest BCUT2D eigenvalue weighted by atomic mass is 10.3. The van der Waals surface area contributed by atoms with E-state index < -0.39 is 5.25 Å². The van der Waals surface area contributed by atoms with Gasteiger partial charge in [0.25, 0.3) is 5.56 Å². The van der Waals surface area contributed by atoms with E-state index >= 15 is 0 Å². The molecule has 0 saturated heterocycles. The zero-order chi connectivity index (χ0) is 14.5. The van der Waals surface area contributed by atoms with Gasteiger partial charge in [0.15, 0.2) is 5.16 Å². The summed E-state index contributed by atoms with van der Waals surface area (Å²) in [6.45, 7) is 1.69. The molecule has 0 aliphatic heterocycles. The smallest absolute Gasteiger partial charge is 0.251 e. The van der Waals surface area contributed by atoms with Gasteiger partial charge in [0.1, 0.15) is 5.82 Å². The number of carbonyl (C=O) groups is 1. The maximum atomic E-state index is 12.7. The second kappa shape index (κ2) is 6.33. The van der Waals surface area contributed by atoms with Crippen molar-refractivity contribution >= 4 is 23.4 Å². The third-order valence-corrected chi connectivity index (χ3v) is 3.42. The minimum atomic E-state index is -0.453. The van der Waals surface area contributed by atoms with Crippen molar-refractivity contribution in [3.63, 3.8) is 0 Å². The highest BCUT2D eigenvalue weighted by Crippen LogP contribution is 2.19. The standard InChI is InChI=1S/C13H12FN3O2S/c1-8(20-13-15-7-6-11(18)17-13)12(19)16-10-4-2-9(14)3-5-10/h2-8H,1H3,(H,16,19)(H,15,17,18)/t8-/m1/s1. The van der Waals surface area contributed by atoms with Crippen LogP contribution in [0.4, 0.5) is 10.1 Å². The van der Waals surface area contributed by atoms with Crippen molar-refractivity contribution in [2.45, 2.75) is 17.3 Å². The molecule has 0 aliphatic rings. The number of H-pyrrole nitrogens is 1. The number of nitrogens with zero attached hydrogens (tertiary/aromatic N) is 1. The van der Waals surface area contributed by atoms with Crippen LogP contribution in [-0.2, 0) is 4.79 Å². The third-order valence-electron chi connectivity index (χ3n) is 2.42. The molecule has 0 saturated carbocycles. The van der Waals surface area contributed by atoms with Crippen LogP contribution in [0, 0.1) is 5.82 Å². The fourth-order valence-electron chi connectivity index (χ4n) is 1.41. The van der Waals surface area contributed by atoms with Crippen LogP contribution in [0.3, 0.4) is 0 Å². The number of anilines is 1. The summed E-state index contributed by atoms with van der Waals surface area (Å²) >= 11 is 1.14. The maximum absolute atomic E-state index is 12.7. The number of nitrogens with one attached hydrogen (secondary N) is 2. The molecule has 0 aliphatic carbocycles. The Labute approximate surface area is 118 Å². The zero-order valence-electron chi connectivity index (χ0n) is 10.6. The molecular formula is C13H12FN3O2S. The Bertz CT molecular complexity index is 657. The fourth-order valence-corrected chi connectivity index (χ4v) is 2.19. The SMILES string of the molecule is C[C@@H](Sc1nccc(=O)[nH]1)C(=O)Nc1ccc(F)cc1. The minimum Gasteiger partial charge on any atom is -0.325 e. The average molecular weight is 293 g/mol. The van der Waals surface area contributed by atoms with Crippen LogP contribution in [0.25, 0.3) is 0 Å². The highest BCUT2D eigenvalue weighted by atomic mass is 32.2. The van der Waals surface area contributed by atoms with E-state index in [-0.39, 0.29) is 17.3 Å². The summed E-state index contributed by atoms with van der Waals surface area (Å²) in [6, 6.07) is 6.79. The van der Waals surface area contributed by atoms with E-state index in [1.54, 1.807) is 6.92 Å². The van der Waals surface area contributed by atoms with Crippen LogP contribution in [0.1, 0.15) is 6.92 Å². The van der Waals surface area contributed by atoms with Crippen molar-refractivity contribution in [1.29, 1.82) is 0 Å². The topological polar surface area (TPSA) is 74.8 Å². The first-order chi connectivity index (χ1) is 9.54. The normalized spacial score (nSPS) is 11.9. The van der Waals surface area contributed by atoms with Gasteiger partial charge in [-0.3, -0.25) is 9.59 Å². The van der Waals surface area contributed by atoms with Gasteiger partial charge in [0.2, 0.25) is 5.91 Å². The Morgan fingerprint density at radius 3 is 2.70 bits per heavy atom. The number of aromatic nitrogens is 2. The van der Waals surface area contributed by atoms with Gasteiger partial charge in [-0.05, 0) is 31.2 Å². The Kier molecular flexibility index (Phi) is 4.52. The lowest BCUT2D eigenvalue weighted by Crippen LogP contribution is -2.23. The Morgan fingerprint density at radius 1 is 1.35 bits per heavy atom. The monoisotopic (exact) mass is 293 g/mol. The molecule has 0 spiro atoms. The first kappa shape index (κ1) is 14.3. The molecule has 2 rings (SSSR count). The minimum absolute atomic E-state index is 0.256. The van der Waals surface area contributed by atoms with Gasteiger partial charge in [0.05, 0.1) is 5.25 Å². The van der Waals surface area contributed by atoms with Crippen LogP contribution in [0.15, 0.2) is 46.5 Å². The van der Waals surface area contributed by atoms with Crippen LogP contribution < -0.4 is 10.9 Å². The zero-order valence-corrected chi connectivity index (χ0v) is 11.4. The van der Waals surface area contributed by atoms with Gasteiger partial charge < -0.3 is 10.3 Å². The van der Waals surface area contributed by atoms with Crippen molar-refractivity contribution in [3.05, 3.63) is 52.7 Å². The lowest BCUT2D eigenvalue weighted by Gasteiger charge is -2.11. The second-order valence-electron chi connectivity index (χ2n) is 4.00. The highest BCUT2D eigenvalue weighted by Gasteiger charge is 2.15. The summed E-state index contributed by atoms with van der Waals surface area (Å²) in [5, 5.41) is 2.58. The van der Waals surface area contributed by atoms with Gasteiger partial charge >= 0.3 is 0 Å². The predicted octanol–water partition coefficient (Wildman–Crippen LogP) is 2.03. The molecule has 2 N–H and O–H groups in total. The van der Waals surface area contributed by atoms with Gasteiger partial charge in [-0.2, -0.15) is 0 Å². The van der Waals surface area contributed by atoms with Crippen molar-refractivity contribution in [2.75, 3.05) is 5.32 Å². The molecule has 104 valence electrons. The Hall–Kier alpha value is -2.15. The molecule has 20 heavy (non-hydrogen) atoms. The molecule has 2 aromatic rings. The molecule has 1 aromatic carbocycles. The molecule has 0 bridgehead atoms. The number of amides is 1. The summed E-state index contributed by atoms with van der Waals surface area (Å²) in [7, 11) is 0. The maximum Gasteiger partial charge on any atom is 0.251 e. The molecule has 1 heterocycles. The van der Waals surface area contributed by atoms with Crippen LogP contribution in [0.5, 0.6) is 0 Å². The lowest BCUT2D eigenvalue weighted by molar-refractivity contribution is -0.115. The van der Waals surface area contributed by atoms with E-state index in [0.717, 1.165) is 11.8 Å². The largest absolute Gasteiger partial charge is 0.325 e. The fraction of sp³-hybridized carbons (Fsp3) is 0.154. The molecule has 0 fully saturated rings. The van der Waals surface area contributed by atoms with Crippen molar-refractivity contribution in [2.24, 2.45) is 0 Å². The highest BCUT2D eigenvalue weighted by molar-refractivity contribution is 8.00. The van der Waals surface area contributed by atoms with Gasteiger partial charge in [-0.15, -0.1) is 0 Å². The summed E-state index contributed by atoms with van der Waals surface area (Å²) in [6.07, 6.45) is 1.38. The van der Waals surface area contributed by atoms with E-state index in [1.165, 1.54) is 36.5 Å². The molecular weight excluding hydrogens is 281 g/mol. The molecule has 0 radical (unpaired) electrons. The third kappa shape index (κ3) is 3.92. The number of benzene rings is 1. The van der Waals surface area contributed by atoms with Crippen LogP contribution in [0.2, 0.25) is 0 Å². The number of halogens is 1. The van der Waals surface area contributed by atoms with E-state index in [0.29, 0.717) is 10.8 Å². The number of carbonyl (C=O) groups excluding carboxylic acids is 1. The van der Waals surface area contributed by atoms with Gasteiger partial charge in [-0.25, -0.2) is 9.37 Å². The molecule has 7 heteroatoms. The number of thioether (sulfide) groups is 1. The Morgan fingerprint density at radius 2 is 2.05 bits per heavy atom. The molecule has 5 nitrogen and oxygen atoms in total. The van der Waals surface area contributed by atoms with Crippen molar-refractivity contribution in [1.82, 2.24) is 9.97 Å². The summed E-state index contributed by atoms with van der Waals surface area (Å²) in [5.74, 6) is -0.621. The van der Waals surface area contributed by atoms with E-state index in [9.17, 15) is 14.0 Å². The molecule has 1 amide bonds. The average Bonchev–Trinajstić information content (AvgIpc) is 2.41.